The third-order valence-corrected chi connectivity index (χ3v) is 3.49. The summed E-state index contributed by atoms with van der Waals surface area (Å²) in [5, 5.41) is 4.18. The molecule has 0 bridgehead atoms. The first kappa shape index (κ1) is 15.7. The fourth-order valence-corrected chi connectivity index (χ4v) is 2.12. The van der Waals surface area contributed by atoms with Gasteiger partial charge in [-0.1, -0.05) is 49.7 Å². The second kappa shape index (κ2) is 7.32. The van der Waals surface area contributed by atoms with E-state index in [1.165, 1.54) is 24.0 Å². The number of benzene rings is 1. The average Bonchev–Trinajstić information content (AvgIpc) is 2.43. The van der Waals surface area contributed by atoms with Crippen molar-refractivity contribution in [2.45, 2.75) is 65.9 Å². The van der Waals surface area contributed by atoms with Gasteiger partial charge in [0.15, 0.2) is 5.60 Å². The van der Waals surface area contributed by atoms with Crippen molar-refractivity contribution >= 4 is 5.71 Å². The molecular weight excluding hydrogens is 234 g/mol. The van der Waals surface area contributed by atoms with E-state index in [-0.39, 0.29) is 5.60 Å². The number of oxime groups is 1. The van der Waals surface area contributed by atoms with E-state index >= 15 is 0 Å². The summed E-state index contributed by atoms with van der Waals surface area (Å²) in [6.45, 7) is 10.4. The molecule has 2 heteroatoms. The zero-order chi connectivity index (χ0) is 14.3. The molecule has 0 amide bonds. The second-order valence-electron chi connectivity index (χ2n) is 5.47. The van der Waals surface area contributed by atoms with Gasteiger partial charge in [-0.3, -0.25) is 0 Å². The Morgan fingerprint density at radius 2 is 1.89 bits per heavy atom. The molecule has 0 aliphatic rings. The Balaban J connectivity index is 3.05. The Labute approximate surface area is 117 Å². The van der Waals surface area contributed by atoms with E-state index in [1.54, 1.807) is 0 Å². The Morgan fingerprint density at radius 1 is 1.21 bits per heavy atom. The van der Waals surface area contributed by atoms with Crippen LogP contribution in [0.1, 0.15) is 65.0 Å². The highest BCUT2D eigenvalue weighted by Gasteiger charge is 2.29. The first-order valence-corrected chi connectivity index (χ1v) is 7.31. The monoisotopic (exact) mass is 261 g/mol. The summed E-state index contributed by atoms with van der Waals surface area (Å²) in [7, 11) is 0. The third-order valence-electron chi connectivity index (χ3n) is 3.49. The number of aryl methyl sites for hydroxylation is 1. The maximum atomic E-state index is 5.83. The third kappa shape index (κ3) is 4.38. The lowest BCUT2D eigenvalue weighted by atomic mass is 9.87. The molecule has 1 unspecified atom stereocenters. The van der Waals surface area contributed by atoms with Crippen molar-refractivity contribution in [3.05, 3.63) is 35.4 Å². The van der Waals surface area contributed by atoms with Crippen molar-refractivity contribution in [1.29, 1.82) is 0 Å². The van der Waals surface area contributed by atoms with Gasteiger partial charge in [-0.2, -0.15) is 0 Å². The highest BCUT2D eigenvalue weighted by molar-refractivity contribution is 5.78. The van der Waals surface area contributed by atoms with E-state index in [0.717, 1.165) is 18.6 Å². The van der Waals surface area contributed by atoms with Gasteiger partial charge < -0.3 is 4.84 Å². The second-order valence-corrected chi connectivity index (χ2v) is 5.47. The Bertz CT molecular complexity index is 421. The molecule has 0 aliphatic heterocycles. The summed E-state index contributed by atoms with van der Waals surface area (Å²) in [6, 6.07) is 8.59. The van der Waals surface area contributed by atoms with Gasteiger partial charge in [0.25, 0.3) is 0 Å². The van der Waals surface area contributed by atoms with Crippen LogP contribution in [0.3, 0.4) is 0 Å². The highest BCUT2D eigenvalue weighted by atomic mass is 16.6. The van der Waals surface area contributed by atoms with Crippen LogP contribution in [0, 0.1) is 0 Å². The summed E-state index contributed by atoms with van der Waals surface area (Å²) in [4.78, 5) is 5.83. The molecule has 0 aromatic heterocycles. The van der Waals surface area contributed by atoms with Gasteiger partial charge in [0.05, 0.1) is 5.71 Å². The summed E-state index contributed by atoms with van der Waals surface area (Å²) < 4.78 is 0. The Hall–Kier alpha value is -1.31. The van der Waals surface area contributed by atoms with Crippen molar-refractivity contribution in [3.63, 3.8) is 0 Å². The lowest BCUT2D eigenvalue weighted by molar-refractivity contribution is -0.0375. The summed E-state index contributed by atoms with van der Waals surface area (Å²) in [6.07, 6.45) is 4.45. The van der Waals surface area contributed by atoms with Crippen LogP contribution in [0.4, 0.5) is 0 Å². The smallest absolute Gasteiger partial charge is 0.159 e. The van der Waals surface area contributed by atoms with Crippen LogP contribution in [-0.2, 0) is 16.9 Å². The molecule has 0 N–H and O–H groups in total. The van der Waals surface area contributed by atoms with Crippen molar-refractivity contribution < 1.29 is 4.84 Å². The van der Waals surface area contributed by atoms with Crippen LogP contribution >= 0.6 is 0 Å². The average molecular weight is 261 g/mol. The van der Waals surface area contributed by atoms with Gasteiger partial charge in [-0.25, -0.2) is 0 Å². The molecule has 1 aromatic carbocycles. The molecule has 2 nitrogen and oxygen atoms in total. The fourth-order valence-electron chi connectivity index (χ4n) is 2.12. The van der Waals surface area contributed by atoms with E-state index in [2.05, 4.69) is 50.2 Å². The number of nitrogens with zero attached hydrogens (tertiary/aromatic N) is 1. The minimum Gasteiger partial charge on any atom is -0.385 e. The minimum absolute atomic E-state index is 0.332. The molecule has 106 valence electrons. The van der Waals surface area contributed by atoms with Crippen LogP contribution in [-0.4, -0.2) is 5.71 Å². The predicted octanol–water partition coefficient (Wildman–Crippen LogP) is 5.07. The van der Waals surface area contributed by atoms with Crippen LogP contribution in [0.5, 0.6) is 0 Å². The number of hydrogen-bond donors (Lipinski definition) is 0. The Morgan fingerprint density at radius 3 is 2.47 bits per heavy atom. The molecule has 0 spiro atoms. The molecule has 0 radical (unpaired) electrons. The molecule has 1 rings (SSSR count). The molecule has 0 saturated heterocycles. The first-order chi connectivity index (χ1) is 9.03. The number of hydrogen-bond acceptors (Lipinski definition) is 2. The van der Waals surface area contributed by atoms with Gasteiger partial charge in [0.1, 0.15) is 0 Å². The van der Waals surface area contributed by atoms with E-state index < -0.39 is 0 Å². The summed E-state index contributed by atoms with van der Waals surface area (Å²) in [5.74, 6) is 0. The van der Waals surface area contributed by atoms with Gasteiger partial charge in [-0.15, -0.1) is 0 Å². The van der Waals surface area contributed by atoms with E-state index in [0.29, 0.717) is 0 Å². The maximum Gasteiger partial charge on any atom is 0.159 e. The van der Waals surface area contributed by atoms with Crippen LogP contribution in [0.2, 0.25) is 0 Å². The van der Waals surface area contributed by atoms with Gasteiger partial charge in [-0.05, 0) is 45.6 Å². The molecule has 0 fully saturated rings. The normalized spacial score (nSPS) is 13.7. The van der Waals surface area contributed by atoms with Gasteiger partial charge in [0.2, 0.25) is 0 Å². The molecule has 0 saturated carbocycles. The zero-order valence-electron chi connectivity index (χ0n) is 13.0. The van der Waals surface area contributed by atoms with Crippen molar-refractivity contribution in [2.75, 3.05) is 0 Å². The molecule has 19 heavy (non-hydrogen) atoms. The van der Waals surface area contributed by atoms with E-state index in [1.807, 2.05) is 13.8 Å². The van der Waals surface area contributed by atoms with Gasteiger partial charge >= 0.3 is 0 Å². The number of rotatable bonds is 7. The van der Waals surface area contributed by atoms with E-state index in [9.17, 15) is 0 Å². The Kier molecular flexibility index (Phi) is 6.07. The van der Waals surface area contributed by atoms with E-state index in [4.69, 9.17) is 4.84 Å². The largest absolute Gasteiger partial charge is 0.385 e. The molecule has 1 atom stereocenters. The molecular formula is C17H27NO. The maximum absolute atomic E-state index is 5.83. The SMILES string of the molecule is CCCCc1ccccc1C(C)(CC)ON=C(C)C. The zero-order valence-corrected chi connectivity index (χ0v) is 13.0. The standard InChI is InChI=1S/C17H27NO/c1-6-8-11-15-12-9-10-13-16(15)17(5,7-2)19-18-14(3)4/h9-10,12-13H,6-8,11H2,1-5H3. The van der Waals surface area contributed by atoms with Gasteiger partial charge in [0, 0.05) is 5.56 Å². The quantitative estimate of drug-likeness (QED) is 0.496. The van der Waals surface area contributed by atoms with Crippen molar-refractivity contribution in [2.24, 2.45) is 5.16 Å². The van der Waals surface area contributed by atoms with Crippen LogP contribution in [0.25, 0.3) is 0 Å². The first-order valence-electron chi connectivity index (χ1n) is 7.31. The van der Waals surface area contributed by atoms with Crippen LogP contribution < -0.4 is 0 Å². The number of unbranched alkanes of at least 4 members (excludes halogenated alkanes) is 1. The molecule has 0 heterocycles. The minimum atomic E-state index is -0.332. The summed E-state index contributed by atoms with van der Waals surface area (Å²) >= 11 is 0. The lowest BCUT2D eigenvalue weighted by Gasteiger charge is -2.28. The lowest BCUT2D eigenvalue weighted by Crippen LogP contribution is -2.25. The topological polar surface area (TPSA) is 21.6 Å². The van der Waals surface area contributed by atoms with Crippen LogP contribution in [0.15, 0.2) is 29.4 Å². The predicted molar refractivity (Wildman–Crippen MR) is 82.6 cm³/mol. The van der Waals surface area contributed by atoms with Crippen molar-refractivity contribution in [3.8, 4) is 0 Å². The highest BCUT2D eigenvalue weighted by Crippen LogP contribution is 2.32. The molecule has 1 aromatic rings. The summed E-state index contributed by atoms with van der Waals surface area (Å²) in [5.41, 5.74) is 3.28. The van der Waals surface area contributed by atoms with Crippen molar-refractivity contribution in [1.82, 2.24) is 0 Å². The fraction of sp³-hybridized carbons (Fsp3) is 0.588. The molecule has 0 aliphatic carbocycles.